The fourth-order valence-corrected chi connectivity index (χ4v) is 3.18. The summed E-state index contributed by atoms with van der Waals surface area (Å²) in [5, 5.41) is 1.29. The van der Waals surface area contributed by atoms with E-state index in [9.17, 15) is 14.4 Å². The van der Waals surface area contributed by atoms with Crippen LogP contribution in [0.1, 0.15) is 6.92 Å². The average Bonchev–Trinajstić information content (AvgIpc) is 2.84. The van der Waals surface area contributed by atoms with Crippen molar-refractivity contribution in [1.82, 2.24) is 9.13 Å². The number of imidazole rings is 1. The molecule has 4 rings (SSSR count). The van der Waals surface area contributed by atoms with Gasteiger partial charge in [0.05, 0.1) is 12.8 Å². The average molecular weight is 376 g/mol. The zero-order valence-electron chi connectivity index (χ0n) is 15.2. The minimum absolute atomic E-state index is 0.00258. The maximum atomic E-state index is 13.2. The molecule has 0 radical (unpaired) electrons. The van der Waals surface area contributed by atoms with Gasteiger partial charge < -0.3 is 9.47 Å². The number of fused-ring (bicyclic) bond motifs is 2. The Hall–Kier alpha value is -3.87. The van der Waals surface area contributed by atoms with Crippen molar-refractivity contribution in [2.45, 2.75) is 6.92 Å². The van der Waals surface area contributed by atoms with Gasteiger partial charge in [0, 0.05) is 18.5 Å². The van der Waals surface area contributed by atoms with Gasteiger partial charge in [-0.1, -0.05) is 24.3 Å². The minimum Gasteiger partial charge on any atom is -0.497 e. The van der Waals surface area contributed by atoms with E-state index in [1.54, 1.807) is 42.5 Å². The van der Waals surface area contributed by atoms with Crippen LogP contribution in [0.25, 0.3) is 22.1 Å². The Bertz CT molecular complexity index is 1290. The highest BCUT2D eigenvalue weighted by atomic mass is 16.5. The first-order valence-electron chi connectivity index (χ1n) is 8.53. The van der Waals surface area contributed by atoms with Crippen molar-refractivity contribution in [3.05, 3.63) is 81.6 Å². The molecule has 28 heavy (non-hydrogen) atoms. The molecular formula is C21H16N2O5. The number of rotatable bonds is 3. The molecule has 0 atom stereocenters. The van der Waals surface area contributed by atoms with Gasteiger partial charge in [-0.15, -0.1) is 0 Å². The summed E-state index contributed by atoms with van der Waals surface area (Å²) in [5.41, 5.74) is -0.746. The van der Waals surface area contributed by atoms with E-state index < -0.39 is 17.2 Å². The van der Waals surface area contributed by atoms with Gasteiger partial charge in [-0.3, -0.25) is 14.2 Å². The molecule has 0 saturated heterocycles. The topological polar surface area (TPSA) is 79.5 Å². The first-order valence-corrected chi connectivity index (χ1v) is 8.53. The molecule has 7 heteroatoms. The van der Waals surface area contributed by atoms with E-state index in [0.29, 0.717) is 16.8 Å². The Balaban J connectivity index is 2.11. The summed E-state index contributed by atoms with van der Waals surface area (Å²) < 4.78 is 12.7. The second kappa shape index (κ2) is 6.70. The van der Waals surface area contributed by atoms with Crippen LogP contribution in [0.2, 0.25) is 0 Å². The Labute approximate surface area is 159 Å². The van der Waals surface area contributed by atoms with Crippen LogP contribution in [0, 0.1) is 0 Å². The molecule has 140 valence electrons. The third-order valence-electron chi connectivity index (χ3n) is 4.44. The van der Waals surface area contributed by atoms with Crippen molar-refractivity contribution >= 4 is 16.7 Å². The van der Waals surface area contributed by atoms with Gasteiger partial charge >= 0.3 is 11.7 Å². The second-order valence-electron chi connectivity index (χ2n) is 6.17. The zero-order valence-corrected chi connectivity index (χ0v) is 15.2. The van der Waals surface area contributed by atoms with E-state index in [4.69, 9.17) is 9.47 Å². The number of carbonyl (C=O) groups excluding carboxylic acids is 1. The molecule has 0 unspecified atom stereocenters. The van der Waals surface area contributed by atoms with Crippen LogP contribution in [0.3, 0.4) is 0 Å². The summed E-state index contributed by atoms with van der Waals surface area (Å²) >= 11 is 0. The quantitative estimate of drug-likeness (QED) is 0.514. The first-order chi connectivity index (χ1) is 13.5. The highest BCUT2D eigenvalue weighted by molar-refractivity contribution is 5.92. The number of carbonyl (C=O) groups is 1. The SMILES string of the molecule is COc1ccc(-n2c(=O)c3c(OC(C)=O)c4ccccc4ccn-3c2=O)cc1. The number of ether oxygens (including phenoxy) is 2. The number of benzene rings is 2. The summed E-state index contributed by atoms with van der Waals surface area (Å²) in [6.07, 6.45) is 1.51. The van der Waals surface area contributed by atoms with E-state index >= 15 is 0 Å². The van der Waals surface area contributed by atoms with Gasteiger partial charge in [-0.25, -0.2) is 9.36 Å². The van der Waals surface area contributed by atoms with Crippen molar-refractivity contribution in [3.63, 3.8) is 0 Å². The Morgan fingerprint density at radius 3 is 2.36 bits per heavy atom. The maximum Gasteiger partial charge on any atom is 0.340 e. The summed E-state index contributed by atoms with van der Waals surface area (Å²) in [7, 11) is 1.53. The summed E-state index contributed by atoms with van der Waals surface area (Å²) in [5.74, 6) is 0.0794. The highest BCUT2D eigenvalue weighted by Gasteiger charge is 2.24. The van der Waals surface area contributed by atoms with E-state index in [1.165, 1.54) is 24.8 Å². The van der Waals surface area contributed by atoms with Crippen molar-refractivity contribution in [2.24, 2.45) is 0 Å². The van der Waals surface area contributed by atoms with Gasteiger partial charge in [-0.2, -0.15) is 0 Å². The van der Waals surface area contributed by atoms with Crippen LogP contribution in [0.15, 0.2) is 70.4 Å². The lowest BCUT2D eigenvalue weighted by Gasteiger charge is -2.05. The third-order valence-corrected chi connectivity index (χ3v) is 4.44. The highest BCUT2D eigenvalue weighted by Crippen LogP contribution is 2.30. The molecule has 2 aliphatic heterocycles. The number of methoxy groups -OCH3 is 1. The van der Waals surface area contributed by atoms with E-state index in [0.717, 1.165) is 9.95 Å². The summed E-state index contributed by atoms with van der Waals surface area (Å²) in [4.78, 5) is 37.9. The van der Waals surface area contributed by atoms with Crippen LogP contribution >= 0.6 is 0 Å². The fourth-order valence-electron chi connectivity index (χ4n) is 3.18. The molecule has 0 saturated carbocycles. The van der Waals surface area contributed by atoms with Crippen molar-refractivity contribution in [2.75, 3.05) is 7.11 Å². The van der Waals surface area contributed by atoms with Crippen LogP contribution in [0.5, 0.6) is 11.5 Å². The van der Waals surface area contributed by atoms with E-state index in [1.807, 2.05) is 12.1 Å². The number of esters is 1. The molecule has 0 fully saturated rings. The number of hydrogen-bond donors (Lipinski definition) is 0. The summed E-state index contributed by atoms with van der Waals surface area (Å²) in [6.45, 7) is 1.25. The van der Waals surface area contributed by atoms with Crippen molar-refractivity contribution in [3.8, 4) is 22.9 Å². The lowest BCUT2D eigenvalue weighted by Crippen LogP contribution is -2.24. The molecule has 0 amide bonds. The van der Waals surface area contributed by atoms with Gasteiger partial charge in [0.2, 0.25) is 0 Å². The molecule has 0 N–H and O–H groups in total. The monoisotopic (exact) mass is 376 g/mol. The van der Waals surface area contributed by atoms with Gasteiger partial charge in [0.25, 0.3) is 5.56 Å². The lowest BCUT2D eigenvalue weighted by atomic mass is 10.1. The van der Waals surface area contributed by atoms with Gasteiger partial charge in [0.1, 0.15) is 5.75 Å². The predicted octanol–water partition coefficient (Wildman–Crippen LogP) is 2.51. The number of nitrogens with zero attached hydrogens (tertiary/aromatic N) is 2. The van der Waals surface area contributed by atoms with Crippen molar-refractivity contribution < 1.29 is 14.3 Å². The summed E-state index contributed by atoms with van der Waals surface area (Å²) in [6, 6.07) is 15.4. The van der Waals surface area contributed by atoms with Crippen LogP contribution in [-0.4, -0.2) is 22.2 Å². The predicted molar refractivity (Wildman–Crippen MR) is 104 cm³/mol. The maximum absolute atomic E-state index is 13.2. The lowest BCUT2D eigenvalue weighted by molar-refractivity contribution is -0.131. The molecule has 0 aliphatic carbocycles. The molecule has 0 bridgehead atoms. The molecule has 2 heterocycles. The molecule has 2 aromatic rings. The van der Waals surface area contributed by atoms with Crippen LogP contribution in [-0.2, 0) is 4.79 Å². The van der Waals surface area contributed by atoms with Crippen LogP contribution in [0.4, 0.5) is 0 Å². The zero-order chi connectivity index (χ0) is 19.8. The minimum atomic E-state index is -0.581. The Kier molecular flexibility index (Phi) is 4.19. The number of hydrogen-bond acceptors (Lipinski definition) is 5. The Morgan fingerprint density at radius 2 is 1.68 bits per heavy atom. The van der Waals surface area contributed by atoms with Crippen molar-refractivity contribution in [1.29, 1.82) is 0 Å². The third kappa shape index (κ3) is 2.73. The largest absolute Gasteiger partial charge is 0.497 e. The van der Waals surface area contributed by atoms with Gasteiger partial charge in [0.15, 0.2) is 11.4 Å². The standard InChI is InChI=1S/C21H16N2O5/c1-13(24)28-19-17-6-4-3-5-14(17)11-12-22-18(19)20(25)23(21(22)26)15-7-9-16(27-2)10-8-15/h3-12H,1-2H3. The molecule has 0 spiro atoms. The first kappa shape index (κ1) is 17.5. The molecule has 0 aromatic heterocycles. The molecule has 2 aromatic carbocycles. The van der Waals surface area contributed by atoms with Crippen LogP contribution < -0.4 is 20.7 Å². The molecule has 2 aliphatic rings. The molecular weight excluding hydrogens is 360 g/mol. The second-order valence-corrected chi connectivity index (χ2v) is 6.17. The molecule has 7 nitrogen and oxygen atoms in total. The van der Waals surface area contributed by atoms with Gasteiger partial charge in [-0.05, 0) is 35.7 Å². The fraction of sp³-hybridized carbons (Fsp3) is 0.0952. The normalized spacial score (nSPS) is 10.9. The number of aromatic nitrogens is 2. The smallest absolute Gasteiger partial charge is 0.340 e. The van der Waals surface area contributed by atoms with E-state index in [-0.39, 0.29) is 11.4 Å². The van der Waals surface area contributed by atoms with E-state index in [2.05, 4.69) is 0 Å². The Morgan fingerprint density at radius 1 is 0.964 bits per heavy atom.